The van der Waals surface area contributed by atoms with Gasteiger partial charge in [-0.1, -0.05) is 0 Å². The lowest BCUT2D eigenvalue weighted by atomic mass is 10.1. The smallest absolute Gasteiger partial charge is 0.108 e. The van der Waals surface area contributed by atoms with Crippen LogP contribution >= 0.6 is 0 Å². The molecular formula is C6H13NO2. The number of rotatable bonds is 2. The van der Waals surface area contributed by atoms with Crippen LogP contribution in [0.25, 0.3) is 0 Å². The Morgan fingerprint density at radius 3 is 2.89 bits per heavy atom. The summed E-state index contributed by atoms with van der Waals surface area (Å²) < 4.78 is 5.02. The normalized spacial score (nSPS) is 35.3. The van der Waals surface area contributed by atoms with Crippen LogP contribution in [0, 0.1) is 5.92 Å². The van der Waals surface area contributed by atoms with E-state index in [-0.39, 0.29) is 12.8 Å². The number of hydrogen-bond donors (Lipinski definition) is 2. The first-order valence-corrected chi connectivity index (χ1v) is 3.24. The first-order valence-electron chi connectivity index (χ1n) is 3.24. The van der Waals surface area contributed by atoms with Gasteiger partial charge in [-0.25, -0.2) is 0 Å². The van der Waals surface area contributed by atoms with Crippen LogP contribution in [-0.2, 0) is 4.74 Å². The van der Waals surface area contributed by atoms with Crippen LogP contribution in [-0.4, -0.2) is 31.6 Å². The summed E-state index contributed by atoms with van der Waals surface area (Å²) >= 11 is 0. The van der Waals surface area contributed by atoms with Crippen LogP contribution < -0.4 is 5.32 Å². The average molecular weight is 131 g/mol. The Morgan fingerprint density at radius 1 is 1.78 bits per heavy atom. The molecule has 0 aliphatic carbocycles. The number of hydrogen-bond acceptors (Lipinski definition) is 3. The van der Waals surface area contributed by atoms with Gasteiger partial charge in [0.25, 0.3) is 0 Å². The third-order valence-electron chi connectivity index (χ3n) is 1.72. The van der Waals surface area contributed by atoms with Gasteiger partial charge in [0, 0.05) is 20.3 Å². The highest BCUT2D eigenvalue weighted by Crippen LogP contribution is 2.12. The summed E-state index contributed by atoms with van der Waals surface area (Å²) in [7, 11) is 1.68. The molecule has 1 aliphatic heterocycles. The lowest BCUT2D eigenvalue weighted by Gasteiger charge is -2.05. The maximum absolute atomic E-state index is 8.68. The molecule has 1 rings (SSSR count). The summed E-state index contributed by atoms with van der Waals surface area (Å²) in [6.07, 6.45) is 1.11. The van der Waals surface area contributed by atoms with Crippen molar-refractivity contribution in [3.05, 3.63) is 0 Å². The first-order chi connectivity index (χ1) is 4.36. The van der Waals surface area contributed by atoms with Crippen LogP contribution in [0.5, 0.6) is 0 Å². The maximum Gasteiger partial charge on any atom is 0.108 e. The van der Waals surface area contributed by atoms with Crippen LogP contribution in [0.15, 0.2) is 0 Å². The van der Waals surface area contributed by atoms with Gasteiger partial charge in [-0.05, 0) is 12.3 Å². The minimum atomic E-state index is 0.169. The fourth-order valence-corrected chi connectivity index (χ4v) is 1.09. The Kier molecular flexibility index (Phi) is 2.45. The zero-order valence-electron chi connectivity index (χ0n) is 5.63. The highest BCUT2D eigenvalue weighted by Gasteiger charge is 2.22. The molecule has 2 N–H and O–H groups in total. The van der Waals surface area contributed by atoms with Gasteiger partial charge < -0.3 is 9.84 Å². The zero-order valence-corrected chi connectivity index (χ0v) is 5.63. The van der Waals surface area contributed by atoms with E-state index in [2.05, 4.69) is 5.32 Å². The second-order valence-corrected chi connectivity index (χ2v) is 2.42. The van der Waals surface area contributed by atoms with E-state index in [0.29, 0.717) is 5.92 Å². The molecule has 0 amide bonds. The molecule has 1 fully saturated rings. The van der Waals surface area contributed by atoms with Crippen molar-refractivity contribution >= 4 is 0 Å². The van der Waals surface area contributed by atoms with E-state index in [1.165, 1.54) is 0 Å². The Bertz CT molecular complexity index is 77.1. The van der Waals surface area contributed by atoms with Crippen molar-refractivity contribution in [2.45, 2.75) is 12.6 Å². The molecule has 54 valence electrons. The van der Waals surface area contributed by atoms with Crippen LogP contribution in [0.2, 0.25) is 0 Å². The third kappa shape index (κ3) is 1.64. The van der Waals surface area contributed by atoms with Gasteiger partial charge in [0.05, 0.1) is 0 Å². The molecule has 1 aliphatic rings. The molecule has 0 radical (unpaired) electrons. The second-order valence-electron chi connectivity index (χ2n) is 2.42. The van der Waals surface area contributed by atoms with Gasteiger partial charge in [0.1, 0.15) is 6.23 Å². The number of ether oxygens (including phenoxy) is 1. The molecule has 2 atom stereocenters. The number of aliphatic hydroxyl groups excluding tert-OH is 1. The maximum atomic E-state index is 8.68. The van der Waals surface area contributed by atoms with Crippen molar-refractivity contribution in [3.63, 3.8) is 0 Å². The minimum Gasteiger partial charge on any atom is -0.396 e. The van der Waals surface area contributed by atoms with E-state index < -0.39 is 0 Å². The van der Waals surface area contributed by atoms with Gasteiger partial charge in [0.2, 0.25) is 0 Å². The van der Waals surface area contributed by atoms with Crippen LogP contribution in [0.3, 0.4) is 0 Å². The topological polar surface area (TPSA) is 41.5 Å². The molecule has 3 heteroatoms. The molecule has 1 saturated heterocycles. The molecule has 0 spiro atoms. The van der Waals surface area contributed by atoms with E-state index in [0.717, 1.165) is 13.0 Å². The Balaban J connectivity index is 2.20. The quantitative estimate of drug-likeness (QED) is 0.534. The van der Waals surface area contributed by atoms with Crippen molar-refractivity contribution in [1.82, 2.24) is 5.32 Å². The fraction of sp³-hybridized carbons (Fsp3) is 1.00. The van der Waals surface area contributed by atoms with Crippen molar-refractivity contribution in [1.29, 1.82) is 0 Å². The number of nitrogens with one attached hydrogen (secondary N) is 1. The molecule has 3 nitrogen and oxygen atoms in total. The first kappa shape index (κ1) is 6.99. The van der Waals surface area contributed by atoms with Crippen LogP contribution in [0.4, 0.5) is 0 Å². The Morgan fingerprint density at radius 2 is 2.56 bits per heavy atom. The van der Waals surface area contributed by atoms with Crippen molar-refractivity contribution < 1.29 is 9.84 Å². The molecular weight excluding hydrogens is 118 g/mol. The van der Waals surface area contributed by atoms with E-state index in [1.54, 1.807) is 7.11 Å². The molecule has 1 heterocycles. The lowest BCUT2D eigenvalue weighted by molar-refractivity contribution is 0.0849. The van der Waals surface area contributed by atoms with Crippen molar-refractivity contribution in [2.75, 3.05) is 20.3 Å². The van der Waals surface area contributed by atoms with E-state index in [9.17, 15) is 0 Å². The Labute approximate surface area is 55.0 Å². The number of aliphatic hydroxyl groups is 1. The molecule has 0 bridgehead atoms. The summed E-state index contributed by atoms with van der Waals surface area (Å²) in [6, 6.07) is 0. The van der Waals surface area contributed by atoms with E-state index >= 15 is 0 Å². The standard InChI is InChI=1S/C6H13NO2/c1-9-6-2-5(4-8)3-7-6/h5-8H,2-4H2,1H3/t5-,6?/m1/s1. The Hall–Kier alpha value is -0.120. The average Bonchev–Trinajstić information content (AvgIpc) is 2.34. The summed E-state index contributed by atoms with van der Waals surface area (Å²) in [5.41, 5.74) is 0. The highest BCUT2D eigenvalue weighted by atomic mass is 16.5. The van der Waals surface area contributed by atoms with Gasteiger partial charge in [0.15, 0.2) is 0 Å². The summed E-state index contributed by atoms with van der Waals surface area (Å²) in [5, 5.41) is 11.8. The molecule has 9 heavy (non-hydrogen) atoms. The zero-order chi connectivity index (χ0) is 6.69. The monoisotopic (exact) mass is 131 g/mol. The molecule has 0 aromatic rings. The van der Waals surface area contributed by atoms with Gasteiger partial charge >= 0.3 is 0 Å². The molecule has 0 saturated carbocycles. The van der Waals surface area contributed by atoms with E-state index in [1.807, 2.05) is 0 Å². The van der Waals surface area contributed by atoms with Gasteiger partial charge in [-0.15, -0.1) is 0 Å². The third-order valence-corrected chi connectivity index (χ3v) is 1.72. The molecule has 0 aromatic heterocycles. The largest absolute Gasteiger partial charge is 0.396 e. The van der Waals surface area contributed by atoms with Gasteiger partial charge in [-0.3, -0.25) is 5.32 Å². The molecule has 0 aromatic carbocycles. The van der Waals surface area contributed by atoms with E-state index in [4.69, 9.17) is 9.84 Å². The van der Waals surface area contributed by atoms with Crippen molar-refractivity contribution in [2.24, 2.45) is 5.92 Å². The summed E-state index contributed by atoms with van der Waals surface area (Å²) in [4.78, 5) is 0. The predicted molar refractivity (Wildman–Crippen MR) is 34.0 cm³/mol. The SMILES string of the molecule is COC1C[C@@H](CO)CN1. The van der Waals surface area contributed by atoms with Crippen LogP contribution in [0.1, 0.15) is 6.42 Å². The summed E-state index contributed by atoms with van der Waals surface area (Å²) in [5.74, 6) is 0.398. The molecule has 1 unspecified atom stereocenters. The predicted octanol–water partition coefficient (Wildman–Crippen LogP) is -0.439. The number of methoxy groups -OCH3 is 1. The van der Waals surface area contributed by atoms with Crippen molar-refractivity contribution in [3.8, 4) is 0 Å². The second kappa shape index (κ2) is 3.15. The minimum absolute atomic E-state index is 0.169. The van der Waals surface area contributed by atoms with Gasteiger partial charge in [-0.2, -0.15) is 0 Å². The summed E-state index contributed by atoms with van der Waals surface area (Å²) in [6.45, 7) is 1.15. The highest BCUT2D eigenvalue weighted by molar-refractivity contribution is 4.74. The lowest BCUT2D eigenvalue weighted by Crippen LogP contribution is -2.22. The fourth-order valence-electron chi connectivity index (χ4n) is 1.09.